The molecule has 2 rings (SSSR count). The molecule has 0 saturated heterocycles. The van der Waals surface area contributed by atoms with Crippen molar-refractivity contribution < 1.29 is 4.39 Å². The average Bonchev–Trinajstić information content (AvgIpc) is 2.43. The van der Waals surface area contributed by atoms with Gasteiger partial charge in [-0.3, -0.25) is 0 Å². The summed E-state index contributed by atoms with van der Waals surface area (Å²) in [7, 11) is 0. The van der Waals surface area contributed by atoms with E-state index in [0.29, 0.717) is 12.2 Å². The predicted octanol–water partition coefficient (Wildman–Crippen LogP) is 3.27. The van der Waals surface area contributed by atoms with E-state index < -0.39 is 0 Å². The van der Waals surface area contributed by atoms with E-state index in [4.69, 9.17) is 5.73 Å². The molecular weight excluding hydrogens is 253 g/mol. The molecule has 0 aliphatic heterocycles. The number of rotatable bonds is 5. The minimum atomic E-state index is -0.240. The van der Waals surface area contributed by atoms with E-state index in [1.165, 1.54) is 6.07 Å². The lowest BCUT2D eigenvalue weighted by atomic mass is 10.1. The number of halogens is 1. The second-order valence-corrected chi connectivity index (χ2v) is 4.90. The first-order chi connectivity index (χ1) is 9.61. The first-order valence-electron chi connectivity index (χ1n) is 6.84. The summed E-state index contributed by atoms with van der Waals surface area (Å²) >= 11 is 0. The normalized spacial score (nSPS) is 12.2. The maximum Gasteiger partial charge on any atom is 0.146 e. The highest BCUT2D eigenvalue weighted by molar-refractivity contribution is 5.60. The highest BCUT2D eigenvalue weighted by atomic mass is 19.1. The van der Waals surface area contributed by atoms with Gasteiger partial charge in [0, 0.05) is 18.8 Å². The molecule has 1 unspecified atom stereocenters. The predicted molar refractivity (Wildman–Crippen MR) is 80.7 cm³/mol. The number of nitrogens with zero attached hydrogens (tertiary/aromatic N) is 2. The zero-order chi connectivity index (χ0) is 14.5. The third-order valence-electron chi connectivity index (χ3n) is 3.10. The average molecular weight is 273 g/mol. The summed E-state index contributed by atoms with van der Waals surface area (Å²) in [5.74, 6) is 0.502. The van der Waals surface area contributed by atoms with E-state index in [1.807, 2.05) is 43.1 Å². The van der Waals surface area contributed by atoms with Crippen LogP contribution in [0.5, 0.6) is 0 Å². The van der Waals surface area contributed by atoms with Crippen LogP contribution in [0.4, 0.5) is 15.9 Å². The Labute approximate surface area is 119 Å². The van der Waals surface area contributed by atoms with E-state index >= 15 is 0 Å². The van der Waals surface area contributed by atoms with Crippen LogP contribution >= 0.6 is 0 Å². The molecule has 0 radical (unpaired) electrons. The van der Waals surface area contributed by atoms with E-state index in [9.17, 15) is 4.39 Å². The Morgan fingerprint density at radius 1 is 1.25 bits per heavy atom. The van der Waals surface area contributed by atoms with Gasteiger partial charge in [-0.1, -0.05) is 18.2 Å². The lowest BCUT2D eigenvalue weighted by Crippen LogP contribution is -2.20. The van der Waals surface area contributed by atoms with E-state index in [2.05, 4.69) is 4.98 Å². The number of anilines is 2. The fourth-order valence-corrected chi connectivity index (χ4v) is 2.20. The largest absolute Gasteiger partial charge is 0.328 e. The van der Waals surface area contributed by atoms with Crippen LogP contribution in [0.25, 0.3) is 0 Å². The maximum atomic E-state index is 13.9. The van der Waals surface area contributed by atoms with Gasteiger partial charge in [0.15, 0.2) is 0 Å². The standard InChI is InChI=1S/C16H20FN3/c1-3-20(15-7-5-4-6-14(15)17)16-9-8-13(11-19-16)10-12(2)18/h4-9,11-12H,3,10,18H2,1-2H3. The molecule has 0 bridgehead atoms. The third kappa shape index (κ3) is 3.33. The lowest BCUT2D eigenvalue weighted by molar-refractivity contribution is 0.625. The fraction of sp³-hybridized carbons (Fsp3) is 0.312. The van der Waals surface area contributed by atoms with Gasteiger partial charge in [-0.2, -0.15) is 0 Å². The second-order valence-electron chi connectivity index (χ2n) is 4.90. The van der Waals surface area contributed by atoms with Crippen LogP contribution in [0.1, 0.15) is 19.4 Å². The van der Waals surface area contributed by atoms with Gasteiger partial charge in [-0.25, -0.2) is 9.37 Å². The molecule has 4 heteroatoms. The van der Waals surface area contributed by atoms with Gasteiger partial charge in [0.1, 0.15) is 11.6 Å². The first-order valence-corrected chi connectivity index (χ1v) is 6.84. The van der Waals surface area contributed by atoms with Crippen LogP contribution < -0.4 is 10.6 Å². The smallest absolute Gasteiger partial charge is 0.146 e. The molecule has 106 valence electrons. The molecule has 0 fully saturated rings. The van der Waals surface area contributed by atoms with Gasteiger partial charge < -0.3 is 10.6 Å². The second kappa shape index (κ2) is 6.48. The first kappa shape index (κ1) is 14.5. The van der Waals surface area contributed by atoms with Crippen LogP contribution in [0, 0.1) is 5.82 Å². The van der Waals surface area contributed by atoms with Crippen LogP contribution in [0.2, 0.25) is 0 Å². The summed E-state index contributed by atoms with van der Waals surface area (Å²) in [5.41, 5.74) is 7.41. The van der Waals surface area contributed by atoms with Crippen molar-refractivity contribution in [2.75, 3.05) is 11.4 Å². The minimum Gasteiger partial charge on any atom is -0.328 e. The molecule has 1 aromatic carbocycles. The number of para-hydroxylation sites is 1. The highest BCUT2D eigenvalue weighted by Gasteiger charge is 2.12. The van der Waals surface area contributed by atoms with Crippen LogP contribution in [-0.4, -0.2) is 17.6 Å². The van der Waals surface area contributed by atoms with Crippen molar-refractivity contribution >= 4 is 11.5 Å². The molecule has 3 nitrogen and oxygen atoms in total. The molecule has 0 saturated carbocycles. The van der Waals surface area contributed by atoms with Crippen molar-refractivity contribution in [2.45, 2.75) is 26.3 Å². The quantitative estimate of drug-likeness (QED) is 0.909. The summed E-state index contributed by atoms with van der Waals surface area (Å²) in [5, 5.41) is 0. The Balaban J connectivity index is 2.26. The number of hydrogen-bond acceptors (Lipinski definition) is 3. The highest BCUT2D eigenvalue weighted by Crippen LogP contribution is 2.25. The maximum absolute atomic E-state index is 13.9. The van der Waals surface area contributed by atoms with Crippen LogP contribution in [0.15, 0.2) is 42.6 Å². The zero-order valence-electron chi connectivity index (χ0n) is 11.9. The van der Waals surface area contributed by atoms with Gasteiger partial charge in [0.2, 0.25) is 0 Å². The van der Waals surface area contributed by atoms with E-state index in [1.54, 1.807) is 12.1 Å². The van der Waals surface area contributed by atoms with Gasteiger partial charge in [0.25, 0.3) is 0 Å². The third-order valence-corrected chi connectivity index (χ3v) is 3.10. The fourth-order valence-electron chi connectivity index (χ4n) is 2.20. The van der Waals surface area contributed by atoms with Crippen molar-refractivity contribution in [2.24, 2.45) is 5.73 Å². The van der Waals surface area contributed by atoms with Gasteiger partial charge in [-0.15, -0.1) is 0 Å². The Bertz CT molecular complexity index is 552. The number of aromatic nitrogens is 1. The Morgan fingerprint density at radius 2 is 2.00 bits per heavy atom. The topological polar surface area (TPSA) is 42.1 Å². The molecule has 1 atom stereocenters. The monoisotopic (exact) mass is 273 g/mol. The van der Waals surface area contributed by atoms with Crippen molar-refractivity contribution in [1.82, 2.24) is 4.98 Å². The molecule has 0 amide bonds. The molecule has 0 spiro atoms. The molecule has 0 aliphatic rings. The van der Waals surface area contributed by atoms with Crippen LogP contribution in [-0.2, 0) is 6.42 Å². The number of nitrogens with two attached hydrogens (primary N) is 1. The van der Waals surface area contributed by atoms with Crippen molar-refractivity contribution in [3.05, 3.63) is 54.0 Å². The molecule has 1 heterocycles. The van der Waals surface area contributed by atoms with Crippen molar-refractivity contribution in [3.63, 3.8) is 0 Å². The number of benzene rings is 1. The Kier molecular flexibility index (Phi) is 4.69. The number of pyridine rings is 1. The van der Waals surface area contributed by atoms with E-state index in [0.717, 1.165) is 17.8 Å². The van der Waals surface area contributed by atoms with Gasteiger partial charge in [0.05, 0.1) is 5.69 Å². The molecule has 1 aromatic heterocycles. The SMILES string of the molecule is CCN(c1ccc(CC(C)N)cn1)c1ccccc1F. The lowest BCUT2D eigenvalue weighted by Gasteiger charge is -2.22. The summed E-state index contributed by atoms with van der Waals surface area (Å²) in [6, 6.07) is 10.7. The zero-order valence-corrected chi connectivity index (χ0v) is 11.9. The Morgan fingerprint density at radius 3 is 2.55 bits per heavy atom. The van der Waals surface area contributed by atoms with Crippen LogP contribution in [0.3, 0.4) is 0 Å². The van der Waals surface area contributed by atoms with Gasteiger partial charge in [-0.05, 0) is 44.0 Å². The molecular formula is C16H20FN3. The molecule has 20 heavy (non-hydrogen) atoms. The van der Waals surface area contributed by atoms with Crippen molar-refractivity contribution in [3.8, 4) is 0 Å². The molecule has 2 aromatic rings. The number of hydrogen-bond donors (Lipinski definition) is 1. The Hall–Kier alpha value is -1.94. The molecule has 0 aliphatic carbocycles. The van der Waals surface area contributed by atoms with Gasteiger partial charge >= 0.3 is 0 Å². The summed E-state index contributed by atoms with van der Waals surface area (Å²) in [6.07, 6.45) is 2.60. The summed E-state index contributed by atoms with van der Waals surface area (Å²) in [4.78, 5) is 6.28. The van der Waals surface area contributed by atoms with Crippen molar-refractivity contribution in [1.29, 1.82) is 0 Å². The minimum absolute atomic E-state index is 0.108. The summed E-state index contributed by atoms with van der Waals surface area (Å²) < 4.78 is 13.9. The van der Waals surface area contributed by atoms with E-state index in [-0.39, 0.29) is 11.9 Å². The summed E-state index contributed by atoms with van der Waals surface area (Å²) in [6.45, 7) is 4.59. The molecule has 2 N–H and O–H groups in total.